The van der Waals surface area contributed by atoms with Gasteiger partial charge in [-0.25, -0.2) is 4.39 Å². The smallest absolute Gasteiger partial charge is 0.190 e. The summed E-state index contributed by atoms with van der Waals surface area (Å²) in [6.07, 6.45) is 0. The molecule has 1 heterocycles. The zero-order valence-electron chi connectivity index (χ0n) is 9.86. The zero-order valence-corrected chi connectivity index (χ0v) is 9.86. The molecule has 3 rings (SSSR count). The lowest BCUT2D eigenvalue weighted by molar-refractivity contribution is 0.629. The molecule has 0 saturated carbocycles. The summed E-state index contributed by atoms with van der Waals surface area (Å²) in [4.78, 5) is 0. The maximum absolute atomic E-state index is 13.9. The molecule has 94 valence electrons. The van der Waals surface area contributed by atoms with Crippen LogP contribution in [0.4, 0.5) is 10.1 Å². The third-order valence-corrected chi connectivity index (χ3v) is 2.70. The summed E-state index contributed by atoms with van der Waals surface area (Å²) in [7, 11) is 0. The maximum Gasteiger partial charge on any atom is 0.190 e. The highest BCUT2D eigenvalue weighted by atomic mass is 19.1. The molecule has 0 saturated heterocycles. The van der Waals surface area contributed by atoms with Crippen molar-refractivity contribution in [1.29, 1.82) is 0 Å². The van der Waals surface area contributed by atoms with Crippen molar-refractivity contribution in [3.63, 3.8) is 0 Å². The van der Waals surface area contributed by atoms with Crippen molar-refractivity contribution in [2.75, 3.05) is 5.73 Å². The molecule has 0 bridgehead atoms. The minimum atomic E-state index is -0.452. The molecule has 0 aliphatic carbocycles. The van der Waals surface area contributed by atoms with Crippen molar-refractivity contribution in [2.45, 2.75) is 0 Å². The van der Waals surface area contributed by atoms with Gasteiger partial charge in [-0.1, -0.05) is 18.2 Å². The average molecular weight is 255 g/mol. The van der Waals surface area contributed by atoms with Crippen molar-refractivity contribution in [3.8, 4) is 17.1 Å². The van der Waals surface area contributed by atoms with E-state index in [1.165, 1.54) is 10.7 Å². The van der Waals surface area contributed by atoms with Gasteiger partial charge in [-0.15, -0.1) is 5.10 Å². The molecule has 0 fully saturated rings. The van der Waals surface area contributed by atoms with E-state index in [2.05, 4.69) is 15.5 Å². The van der Waals surface area contributed by atoms with Gasteiger partial charge < -0.3 is 5.73 Å². The molecule has 0 unspecified atom stereocenters. The third-order valence-electron chi connectivity index (χ3n) is 2.70. The summed E-state index contributed by atoms with van der Waals surface area (Å²) < 4.78 is 15.4. The minimum absolute atomic E-state index is 0.308. The average Bonchev–Trinajstić information content (AvgIpc) is 2.89. The van der Waals surface area contributed by atoms with Gasteiger partial charge in [0.05, 0.1) is 11.3 Å². The molecule has 2 N–H and O–H groups in total. The number of para-hydroxylation sites is 1. The van der Waals surface area contributed by atoms with E-state index in [0.29, 0.717) is 17.1 Å². The van der Waals surface area contributed by atoms with Gasteiger partial charge in [0, 0.05) is 5.69 Å². The first kappa shape index (κ1) is 11.3. The number of nitrogens with zero attached hydrogens (tertiary/aromatic N) is 4. The summed E-state index contributed by atoms with van der Waals surface area (Å²) in [6, 6.07) is 13.7. The van der Waals surface area contributed by atoms with E-state index in [0.717, 1.165) is 5.69 Å². The Morgan fingerprint density at radius 3 is 2.58 bits per heavy atom. The van der Waals surface area contributed by atoms with Crippen molar-refractivity contribution in [1.82, 2.24) is 20.2 Å². The molecule has 6 heteroatoms. The number of hydrogen-bond acceptors (Lipinski definition) is 4. The van der Waals surface area contributed by atoms with Gasteiger partial charge in [-0.05, 0) is 40.8 Å². The molecule has 3 aromatic rings. The Kier molecular flexibility index (Phi) is 2.68. The summed E-state index contributed by atoms with van der Waals surface area (Å²) >= 11 is 0. The quantitative estimate of drug-likeness (QED) is 0.711. The van der Waals surface area contributed by atoms with Gasteiger partial charge in [0.2, 0.25) is 0 Å². The molecule has 0 radical (unpaired) electrons. The SMILES string of the molecule is Nc1ccc(-c2nnnn2-c2ccccc2)c(F)c1. The highest BCUT2D eigenvalue weighted by molar-refractivity contribution is 5.61. The lowest BCUT2D eigenvalue weighted by atomic mass is 10.2. The van der Waals surface area contributed by atoms with E-state index in [4.69, 9.17) is 5.73 Å². The number of tetrazole rings is 1. The van der Waals surface area contributed by atoms with Crippen LogP contribution in [-0.2, 0) is 0 Å². The normalized spacial score (nSPS) is 10.6. The van der Waals surface area contributed by atoms with E-state index >= 15 is 0 Å². The van der Waals surface area contributed by atoms with Crippen LogP contribution in [-0.4, -0.2) is 20.2 Å². The van der Waals surface area contributed by atoms with Crippen LogP contribution >= 0.6 is 0 Å². The molecule has 2 aromatic carbocycles. The largest absolute Gasteiger partial charge is 0.399 e. The fraction of sp³-hybridized carbons (Fsp3) is 0. The fourth-order valence-electron chi connectivity index (χ4n) is 1.81. The number of hydrogen-bond donors (Lipinski definition) is 1. The summed E-state index contributed by atoms with van der Waals surface area (Å²) in [6.45, 7) is 0. The Morgan fingerprint density at radius 2 is 1.84 bits per heavy atom. The van der Waals surface area contributed by atoms with Crippen LogP contribution in [0.25, 0.3) is 17.1 Å². The molecule has 5 nitrogen and oxygen atoms in total. The Morgan fingerprint density at radius 1 is 1.05 bits per heavy atom. The van der Waals surface area contributed by atoms with E-state index in [1.807, 2.05) is 30.3 Å². The van der Waals surface area contributed by atoms with E-state index in [9.17, 15) is 4.39 Å². The Bertz CT molecular complexity index is 708. The first-order valence-corrected chi connectivity index (χ1v) is 5.65. The lowest BCUT2D eigenvalue weighted by Gasteiger charge is -2.05. The maximum atomic E-state index is 13.9. The predicted octanol–water partition coefficient (Wildman–Crippen LogP) is 2.05. The van der Waals surface area contributed by atoms with Gasteiger partial charge in [0.1, 0.15) is 5.82 Å². The lowest BCUT2D eigenvalue weighted by Crippen LogP contribution is -2.01. The molecule has 19 heavy (non-hydrogen) atoms. The van der Waals surface area contributed by atoms with Crippen LogP contribution in [0.15, 0.2) is 48.5 Å². The number of anilines is 1. The van der Waals surface area contributed by atoms with Crippen molar-refractivity contribution in [3.05, 3.63) is 54.3 Å². The van der Waals surface area contributed by atoms with Crippen LogP contribution < -0.4 is 5.73 Å². The van der Waals surface area contributed by atoms with E-state index in [1.54, 1.807) is 12.1 Å². The van der Waals surface area contributed by atoms with E-state index in [-0.39, 0.29) is 0 Å². The van der Waals surface area contributed by atoms with Crippen LogP contribution in [0.3, 0.4) is 0 Å². The molecule has 0 amide bonds. The van der Waals surface area contributed by atoms with Gasteiger partial charge in [0.25, 0.3) is 0 Å². The third kappa shape index (κ3) is 2.03. The van der Waals surface area contributed by atoms with Gasteiger partial charge >= 0.3 is 0 Å². The number of rotatable bonds is 2. The van der Waals surface area contributed by atoms with Gasteiger partial charge in [0.15, 0.2) is 5.82 Å². The monoisotopic (exact) mass is 255 g/mol. The summed E-state index contributed by atoms with van der Waals surface area (Å²) in [5, 5.41) is 11.4. The molecule has 0 atom stereocenters. The Balaban J connectivity index is 2.15. The Hall–Kier alpha value is -2.76. The zero-order chi connectivity index (χ0) is 13.2. The highest BCUT2D eigenvalue weighted by Crippen LogP contribution is 2.23. The predicted molar refractivity (Wildman–Crippen MR) is 69.0 cm³/mol. The van der Waals surface area contributed by atoms with Crippen molar-refractivity contribution >= 4 is 5.69 Å². The number of halogens is 1. The molecule has 0 aliphatic rings. The number of nitrogens with two attached hydrogens (primary N) is 1. The topological polar surface area (TPSA) is 69.6 Å². The molecule has 0 spiro atoms. The van der Waals surface area contributed by atoms with E-state index < -0.39 is 5.82 Å². The van der Waals surface area contributed by atoms with Crippen LogP contribution in [0.2, 0.25) is 0 Å². The number of nitrogen functional groups attached to an aromatic ring is 1. The fourth-order valence-corrected chi connectivity index (χ4v) is 1.81. The van der Waals surface area contributed by atoms with Gasteiger partial charge in [-0.3, -0.25) is 0 Å². The molecule has 0 aliphatic heterocycles. The molecular formula is C13H10FN5. The second-order valence-electron chi connectivity index (χ2n) is 3.99. The second kappa shape index (κ2) is 4.49. The summed E-state index contributed by atoms with van der Waals surface area (Å²) in [5.41, 5.74) is 6.96. The van der Waals surface area contributed by atoms with Crippen LogP contribution in [0, 0.1) is 5.82 Å². The first-order valence-electron chi connectivity index (χ1n) is 5.65. The van der Waals surface area contributed by atoms with Crippen LogP contribution in [0.5, 0.6) is 0 Å². The number of aromatic nitrogens is 4. The van der Waals surface area contributed by atoms with Crippen LogP contribution in [0.1, 0.15) is 0 Å². The van der Waals surface area contributed by atoms with Gasteiger partial charge in [-0.2, -0.15) is 4.68 Å². The minimum Gasteiger partial charge on any atom is -0.399 e. The standard InChI is InChI=1S/C13H10FN5/c14-12-8-9(15)6-7-11(12)13-16-17-18-19(13)10-4-2-1-3-5-10/h1-8H,15H2. The summed E-state index contributed by atoms with van der Waals surface area (Å²) in [5.74, 6) is -0.115. The van der Waals surface area contributed by atoms with Crippen molar-refractivity contribution < 1.29 is 4.39 Å². The second-order valence-corrected chi connectivity index (χ2v) is 3.99. The molecule has 1 aromatic heterocycles. The first-order chi connectivity index (χ1) is 9.25. The van der Waals surface area contributed by atoms with Crippen molar-refractivity contribution in [2.24, 2.45) is 0 Å². The Labute approximate surface area is 108 Å². The molecular weight excluding hydrogens is 245 g/mol. The number of benzene rings is 2. The highest BCUT2D eigenvalue weighted by Gasteiger charge is 2.14.